The number of fused-ring (bicyclic) bond motifs is 7. The Hall–Kier alpha value is -8.89. The van der Waals surface area contributed by atoms with Gasteiger partial charge in [0.25, 0.3) is 0 Å². The van der Waals surface area contributed by atoms with Crippen LogP contribution in [0.1, 0.15) is 0 Å². The Bertz CT molecular complexity index is 3970. The molecule has 0 aliphatic rings. The Balaban J connectivity index is 0.949. The lowest BCUT2D eigenvalue weighted by Gasteiger charge is -2.19. The van der Waals surface area contributed by atoms with Gasteiger partial charge in [-0.25, -0.2) is 19.9 Å². The van der Waals surface area contributed by atoms with Crippen LogP contribution < -0.4 is 15.9 Å². The molecule has 6 heteroatoms. The van der Waals surface area contributed by atoms with Crippen LogP contribution in [0, 0.1) is 0 Å². The van der Waals surface area contributed by atoms with Gasteiger partial charge in [-0.1, -0.05) is 237 Å². The normalized spacial score (nSPS) is 11.6. The van der Waals surface area contributed by atoms with E-state index in [0.717, 1.165) is 61.1 Å². The van der Waals surface area contributed by atoms with Crippen molar-refractivity contribution in [2.45, 2.75) is 0 Å². The summed E-state index contributed by atoms with van der Waals surface area (Å²) in [5.74, 6) is 1.86. The molecule has 0 spiro atoms. The van der Waals surface area contributed by atoms with Gasteiger partial charge in [0.15, 0.2) is 17.5 Å². The van der Waals surface area contributed by atoms with Crippen LogP contribution in [0.25, 0.3) is 106 Å². The number of hydrogen-bond acceptors (Lipinski definition) is 4. The predicted molar refractivity (Wildman–Crippen MR) is 293 cm³/mol. The quantitative estimate of drug-likeness (QED) is 0.107. The lowest BCUT2D eigenvalue weighted by molar-refractivity contribution is 1.07. The number of nitrogens with zero attached hydrogens (tertiary/aromatic N) is 5. The lowest BCUT2D eigenvalue weighted by Crippen LogP contribution is -2.20. The first-order valence-electron chi connectivity index (χ1n) is 23.6. The number of pyridine rings is 1. The van der Waals surface area contributed by atoms with Gasteiger partial charge in [0.1, 0.15) is 0 Å². The molecule has 0 bridgehead atoms. The van der Waals surface area contributed by atoms with Gasteiger partial charge in [-0.2, -0.15) is 0 Å². The topological polar surface area (TPSA) is 56.5 Å². The number of para-hydroxylation sites is 3. The molecule has 0 saturated carbocycles. The highest BCUT2D eigenvalue weighted by Gasteiger charge is 2.22. The maximum Gasteiger partial charge on any atom is 0.164 e. The van der Waals surface area contributed by atoms with E-state index in [1.54, 1.807) is 0 Å². The standard InChI is InChI=1S/C64H42N5P/c1-6-19-44(20-7-1)59-56-42-41-54-53-29-16-17-32-57(53)69(48-23-10-3-11-24-48)61(54)58(56)55-31-18-30-52(60(55)65-59)43-33-35-46(36-34-43)63-66-62(45-21-8-2-9-22-45)67-64(68-63)47-37-39-51(40-38-47)70(49-25-12-4-13-26-49)50-27-14-5-15-28-50/h1-42H. The molecule has 13 aromatic rings. The van der Waals surface area contributed by atoms with E-state index in [4.69, 9.17) is 19.9 Å². The fourth-order valence-electron chi connectivity index (χ4n) is 9.97. The molecule has 70 heavy (non-hydrogen) atoms. The van der Waals surface area contributed by atoms with Gasteiger partial charge in [0, 0.05) is 60.4 Å². The minimum atomic E-state index is -0.752. The number of aromatic nitrogens is 5. The Labute approximate surface area is 406 Å². The first-order chi connectivity index (χ1) is 34.7. The van der Waals surface area contributed by atoms with Crippen LogP contribution in [0.15, 0.2) is 255 Å². The average molecular weight is 912 g/mol. The minimum absolute atomic E-state index is 0.611. The van der Waals surface area contributed by atoms with Crippen LogP contribution >= 0.6 is 7.92 Å². The highest BCUT2D eigenvalue weighted by Crippen LogP contribution is 2.44. The van der Waals surface area contributed by atoms with Gasteiger partial charge in [-0.15, -0.1) is 0 Å². The van der Waals surface area contributed by atoms with E-state index in [2.05, 4.69) is 241 Å². The predicted octanol–water partition coefficient (Wildman–Crippen LogP) is 14.8. The molecule has 0 aliphatic carbocycles. The zero-order valence-corrected chi connectivity index (χ0v) is 38.8. The molecule has 0 aliphatic heterocycles. The average Bonchev–Trinajstić information content (AvgIpc) is 3.79. The summed E-state index contributed by atoms with van der Waals surface area (Å²) in [7, 11) is -0.752. The number of benzene rings is 10. The third-order valence-corrected chi connectivity index (χ3v) is 15.7. The molecule has 13 rings (SSSR count). The molecule has 10 aromatic carbocycles. The lowest BCUT2D eigenvalue weighted by atomic mass is 9.94. The minimum Gasteiger partial charge on any atom is -0.309 e. The van der Waals surface area contributed by atoms with E-state index in [-0.39, 0.29) is 0 Å². The summed E-state index contributed by atoms with van der Waals surface area (Å²) in [6.45, 7) is 0. The van der Waals surface area contributed by atoms with Crippen molar-refractivity contribution >= 4 is 67.3 Å². The van der Waals surface area contributed by atoms with Crippen molar-refractivity contribution in [3.8, 4) is 62.2 Å². The van der Waals surface area contributed by atoms with Crippen LogP contribution in [0.5, 0.6) is 0 Å². The third kappa shape index (κ3) is 7.32. The zero-order valence-electron chi connectivity index (χ0n) is 37.9. The van der Waals surface area contributed by atoms with Crippen LogP contribution in [-0.4, -0.2) is 24.5 Å². The van der Waals surface area contributed by atoms with Crippen molar-refractivity contribution in [3.63, 3.8) is 0 Å². The first kappa shape index (κ1) is 41.3. The van der Waals surface area contributed by atoms with Crippen LogP contribution in [0.2, 0.25) is 0 Å². The fraction of sp³-hybridized carbons (Fsp3) is 0. The van der Waals surface area contributed by atoms with Crippen LogP contribution in [-0.2, 0) is 0 Å². The van der Waals surface area contributed by atoms with E-state index in [0.29, 0.717) is 17.5 Å². The van der Waals surface area contributed by atoms with E-state index >= 15 is 0 Å². The maximum atomic E-state index is 5.59. The van der Waals surface area contributed by atoms with Crippen molar-refractivity contribution in [1.29, 1.82) is 0 Å². The summed E-state index contributed by atoms with van der Waals surface area (Å²) in [6.07, 6.45) is 0. The SMILES string of the molecule is c1ccc(-c2nc(-c3ccc(-c4cccc5c4nc(-c4ccccc4)c4ccc6c7ccccc7n(-c7ccccc7)c6c45)cc3)nc(-c3ccc(P(c4ccccc4)c4ccccc4)cc3)n2)cc1. The molecule has 0 N–H and O–H groups in total. The van der Waals surface area contributed by atoms with Crippen molar-refractivity contribution < 1.29 is 0 Å². The summed E-state index contributed by atoms with van der Waals surface area (Å²) in [4.78, 5) is 20.9. The summed E-state index contributed by atoms with van der Waals surface area (Å²) in [5, 5.41) is 9.69. The van der Waals surface area contributed by atoms with E-state index in [1.165, 1.54) is 43.1 Å². The molecule has 328 valence electrons. The van der Waals surface area contributed by atoms with E-state index in [1.807, 2.05) is 18.2 Å². The molecule has 3 heterocycles. The monoisotopic (exact) mass is 911 g/mol. The molecule has 0 unspecified atom stereocenters. The molecule has 5 nitrogen and oxygen atoms in total. The second kappa shape index (κ2) is 17.6. The Kier molecular flexibility index (Phi) is 10.4. The van der Waals surface area contributed by atoms with Gasteiger partial charge in [0.05, 0.1) is 22.2 Å². The Morgan fingerprint density at radius 1 is 0.300 bits per heavy atom. The summed E-state index contributed by atoms with van der Waals surface area (Å²) >= 11 is 0. The fourth-order valence-corrected chi connectivity index (χ4v) is 12.3. The van der Waals surface area contributed by atoms with Gasteiger partial charge in [-0.3, -0.25) is 0 Å². The molecule has 3 aromatic heterocycles. The van der Waals surface area contributed by atoms with E-state index in [9.17, 15) is 0 Å². The smallest absolute Gasteiger partial charge is 0.164 e. The molecule has 0 saturated heterocycles. The number of hydrogen-bond donors (Lipinski definition) is 0. The molecule has 0 amide bonds. The van der Waals surface area contributed by atoms with Crippen molar-refractivity contribution in [1.82, 2.24) is 24.5 Å². The molecular weight excluding hydrogens is 870 g/mol. The van der Waals surface area contributed by atoms with Crippen molar-refractivity contribution in [2.75, 3.05) is 0 Å². The summed E-state index contributed by atoms with van der Waals surface area (Å²) in [5.41, 5.74) is 11.3. The second-order valence-corrected chi connectivity index (χ2v) is 19.6. The van der Waals surface area contributed by atoms with Gasteiger partial charge >= 0.3 is 0 Å². The Morgan fingerprint density at radius 2 is 0.757 bits per heavy atom. The largest absolute Gasteiger partial charge is 0.309 e. The maximum absolute atomic E-state index is 5.59. The second-order valence-electron chi connectivity index (χ2n) is 17.4. The molecule has 0 atom stereocenters. The summed E-state index contributed by atoms with van der Waals surface area (Å²) in [6, 6.07) is 90.3. The Morgan fingerprint density at radius 3 is 1.37 bits per heavy atom. The highest BCUT2D eigenvalue weighted by atomic mass is 31.1. The van der Waals surface area contributed by atoms with Crippen molar-refractivity contribution in [3.05, 3.63) is 255 Å². The van der Waals surface area contributed by atoms with Gasteiger partial charge < -0.3 is 4.57 Å². The third-order valence-electron chi connectivity index (χ3n) is 13.2. The number of rotatable bonds is 9. The highest BCUT2D eigenvalue weighted by molar-refractivity contribution is 7.79. The van der Waals surface area contributed by atoms with E-state index < -0.39 is 7.92 Å². The van der Waals surface area contributed by atoms with Crippen LogP contribution in [0.4, 0.5) is 0 Å². The molecule has 0 radical (unpaired) electrons. The van der Waals surface area contributed by atoms with Crippen molar-refractivity contribution in [2.24, 2.45) is 0 Å². The molecule has 0 fully saturated rings. The summed E-state index contributed by atoms with van der Waals surface area (Å²) < 4.78 is 2.43. The first-order valence-corrected chi connectivity index (χ1v) is 24.9. The molecular formula is C64H42N5P. The zero-order chi connectivity index (χ0) is 46.4. The van der Waals surface area contributed by atoms with Gasteiger partial charge in [0.2, 0.25) is 0 Å². The van der Waals surface area contributed by atoms with Crippen LogP contribution in [0.3, 0.4) is 0 Å². The van der Waals surface area contributed by atoms with Gasteiger partial charge in [-0.05, 0) is 47.6 Å².